The molecule has 0 aromatic heterocycles. The van der Waals surface area contributed by atoms with Gasteiger partial charge in [0.15, 0.2) is 0 Å². The Morgan fingerprint density at radius 3 is 2.48 bits per heavy atom. The molecule has 2 aromatic rings. The maximum Gasteiger partial charge on any atom is 0.319 e. The van der Waals surface area contributed by atoms with E-state index in [9.17, 15) is 4.79 Å². The van der Waals surface area contributed by atoms with E-state index in [1.165, 1.54) is 14.2 Å². The van der Waals surface area contributed by atoms with Gasteiger partial charge in [-0.15, -0.1) is 0 Å². The van der Waals surface area contributed by atoms with Crippen molar-refractivity contribution in [2.45, 2.75) is 6.54 Å². The average Bonchev–Trinajstić information content (AvgIpc) is 2.54. The number of carbonyl (C=O) groups excluding carboxylic acids is 1. The van der Waals surface area contributed by atoms with Crippen molar-refractivity contribution in [3.05, 3.63) is 52.0 Å². The van der Waals surface area contributed by atoms with Crippen LogP contribution in [0.25, 0.3) is 0 Å². The molecule has 0 aliphatic carbocycles. The van der Waals surface area contributed by atoms with Gasteiger partial charge >= 0.3 is 6.03 Å². The lowest BCUT2D eigenvalue weighted by Gasteiger charge is -2.13. The van der Waals surface area contributed by atoms with Crippen LogP contribution in [-0.4, -0.2) is 20.3 Å². The molecule has 5 nitrogen and oxygen atoms in total. The van der Waals surface area contributed by atoms with Crippen molar-refractivity contribution < 1.29 is 14.3 Å². The van der Waals surface area contributed by atoms with E-state index in [-0.39, 0.29) is 6.03 Å². The molecule has 2 amide bonds. The molecule has 2 N–H and O–H groups in total. The van der Waals surface area contributed by atoms with Gasteiger partial charge in [-0.1, -0.05) is 35.3 Å². The van der Waals surface area contributed by atoms with E-state index in [1.54, 1.807) is 24.3 Å². The fraction of sp³-hybridized carbons (Fsp3) is 0.188. The minimum Gasteiger partial charge on any atom is -0.495 e. The molecule has 0 saturated carbocycles. The highest BCUT2D eigenvalue weighted by Crippen LogP contribution is 2.35. The van der Waals surface area contributed by atoms with Gasteiger partial charge in [0.1, 0.15) is 11.5 Å². The molecular formula is C16H16Cl2N2O3. The molecule has 0 fully saturated rings. The number of hydrogen-bond acceptors (Lipinski definition) is 3. The van der Waals surface area contributed by atoms with E-state index in [4.69, 9.17) is 32.7 Å². The monoisotopic (exact) mass is 354 g/mol. The first-order valence-electron chi connectivity index (χ1n) is 6.74. The molecule has 0 saturated heterocycles. The minimum absolute atomic E-state index is 0.347. The summed E-state index contributed by atoms with van der Waals surface area (Å²) in [5.41, 5.74) is 1.35. The van der Waals surface area contributed by atoms with Crippen LogP contribution in [0, 0.1) is 0 Å². The van der Waals surface area contributed by atoms with Crippen LogP contribution in [0.5, 0.6) is 11.5 Å². The number of methoxy groups -OCH3 is 2. The van der Waals surface area contributed by atoms with E-state index in [1.807, 2.05) is 12.1 Å². The number of nitrogens with one attached hydrogen (secondary N) is 2. The van der Waals surface area contributed by atoms with E-state index >= 15 is 0 Å². The normalized spacial score (nSPS) is 10.1. The Morgan fingerprint density at radius 1 is 1.09 bits per heavy atom. The van der Waals surface area contributed by atoms with Crippen molar-refractivity contribution in [3.63, 3.8) is 0 Å². The van der Waals surface area contributed by atoms with Gasteiger partial charge in [0.05, 0.1) is 24.9 Å². The quantitative estimate of drug-likeness (QED) is 0.839. The Bertz CT molecular complexity index is 708. The standard InChI is InChI=1S/C16H16Cl2N2O3/c1-22-14-8-13(15(23-2)7-12(14)18)20-16(21)19-9-10-4-3-5-11(17)6-10/h3-8H,9H2,1-2H3,(H2,19,20,21). The third kappa shape index (κ3) is 4.68. The Balaban J connectivity index is 2.05. The highest BCUT2D eigenvalue weighted by molar-refractivity contribution is 6.32. The van der Waals surface area contributed by atoms with Gasteiger partial charge < -0.3 is 20.1 Å². The zero-order valence-electron chi connectivity index (χ0n) is 12.7. The largest absolute Gasteiger partial charge is 0.495 e. The molecule has 0 aliphatic heterocycles. The van der Waals surface area contributed by atoms with Crippen LogP contribution in [0.1, 0.15) is 5.56 Å². The topological polar surface area (TPSA) is 59.6 Å². The summed E-state index contributed by atoms with van der Waals surface area (Å²) in [5.74, 6) is 0.881. The zero-order valence-corrected chi connectivity index (χ0v) is 14.2. The van der Waals surface area contributed by atoms with Crippen molar-refractivity contribution in [2.24, 2.45) is 0 Å². The Morgan fingerprint density at radius 2 is 1.83 bits per heavy atom. The van der Waals surface area contributed by atoms with Crippen LogP contribution in [-0.2, 0) is 6.54 Å². The van der Waals surface area contributed by atoms with Gasteiger partial charge in [0.25, 0.3) is 0 Å². The number of amides is 2. The molecule has 2 aromatic carbocycles. The lowest BCUT2D eigenvalue weighted by atomic mass is 10.2. The first kappa shape index (κ1) is 17.2. The van der Waals surface area contributed by atoms with Crippen molar-refractivity contribution >= 4 is 34.9 Å². The second-order valence-corrected chi connectivity index (χ2v) is 5.47. The van der Waals surface area contributed by atoms with Crippen molar-refractivity contribution in [1.29, 1.82) is 0 Å². The highest BCUT2D eigenvalue weighted by Gasteiger charge is 2.12. The van der Waals surface area contributed by atoms with Gasteiger partial charge in [0.2, 0.25) is 0 Å². The minimum atomic E-state index is -0.382. The molecule has 0 aliphatic rings. The maximum absolute atomic E-state index is 12.0. The number of benzene rings is 2. The van der Waals surface area contributed by atoms with Crippen LogP contribution in [0.4, 0.5) is 10.5 Å². The number of rotatable bonds is 5. The lowest BCUT2D eigenvalue weighted by molar-refractivity contribution is 0.251. The Labute approximate surface area is 144 Å². The highest BCUT2D eigenvalue weighted by atomic mass is 35.5. The first-order valence-corrected chi connectivity index (χ1v) is 7.50. The van der Waals surface area contributed by atoms with E-state index < -0.39 is 0 Å². The number of carbonyl (C=O) groups is 1. The van der Waals surface area contributed by atoms with Crippen molar-refractivity contribution in [1.82, 2.24) is 5.32 Å². The molecular weight excluding hydrogens is 339 g/mol. The van der Waals surface area contributed by atoms with Gasteiger partial charge in [-0.2, -0.15) is 0 Å². The maximum atomic E-state index is 12.0. The zero-order chi connectivity index (χ0) is 16.8. The van der Waals surface area contributed by atoms with Gasteiger partial charge in [-0.3, -0.25) is 0 Å². The molecule has 0 bridgehead atoms. The molecule has 122 valence electrons. The number of hydrogen-bond donors (Lipinski definition) is 2. The number of ether oxygens (including phenoxy) is 2. The third-order valence-corrected chi connectivity index (χ3v) is 3.59. The SMILES string of the molecule is COc1cc(NC(=O)NCc2cccc(Cl)c2)c(OC)cc1Cl. The summed E-state index contributed by atoms with van der Waals surface area (Å²) in [7, 11) is 2.99. The molecule has 2 rings (SSSR count). The van der Waals surface area contributed by atoms with Crippen molar-refractivity contribution in [3.8, 4) is 11.5 Å². The average molecular weight is 355 g/mol. The van der Waals surface area contributed by atoms with Crippen LogP contribution in [0.3, 0.4) is 0 Å². The predicted molar refractivity (Wildman–Crippen MR) is 91.9 cm³/mol. The van der Waals surface area contributed by atoms with Crippen LogP contribution >= 0.6 is 23.2 Å². The summed E-state index contributed by atoms with van der Waals surface area (Å²) in [6.45, 7) is 0.347. The molecule has 0 unspecified atom stereocenters. The summed E-state index contributed by atoms with van der Waals surface area (Å²) in [6, 6.07) is 10.0. The summed E-state index contributed by atoms with van der Waals surface area (Å²) in [4.78, 5) is 12.0. The van der Waals surface area contributed by atoms with E-state index in [2.05, 4.69) is 10.6 Å². The summed E-state index contributed by atoms with van der Waals surface area (Å²) < 4.78 is 10.3. The third-order valence-electron chi connectivity index (χ3n) is 3.06. The molecule has 0 heterocycles. The van der Waals surface area contributed by atoms with Gasteiger partial charge in [0, 0.05) is 23.7 Å². The summed E-state index contributed by atoms with van der Waals surface area (Å²) >= 11 is 11.9. The second kappa shape index (κ2) is 7.94. The summed E-state index contributed by atoms with van der Waals surface area (Å²) in [5, 5.41) is 6.46. The van der Waals surface area contributed by atoms with Crippen LogP contribution in [0.15, 0.2) is 36.4 Å². The first-order chi connectivity index (χ1) is 11.0. The second-order valence-electron chi connectivity index (χ2n) is 4.62. The fourth-order valence-corrected chi connectivity index (χ4v) is 2.40. The molecule has 23 heavy (non-hydrogen) atoms. The lowest BCUT2D eigenvalue weighted by Crippen LogP contribution is -2.28. The number of halogens is 2. The van der Waals surface area contributed by atoms with E-state index in [0.717, 1.165) is 5.56 Å². The molecule has 0 radical (unpaired) electrons. The van der Waals surface area contributed by atoms with E-state index in [0.29, 0.717) is 33.8 Å². The smallest absolute Gasteiger partial charge is 0.319 e. The number of urea groups is 1. The van der Waals surface area contributed by atoms with Gasteiger partial charge in [-0.05, 0) is 17.7 Å². The predicted octanol–water partition coefficient (Wildman–Crippen LogP) is 4.33. The number of anilines is 1. The Hall–Kier alpha value is -2.11. The molecule has 0 spiro atoms. The molecule has 7 heteroatoms. The fourth-order valence-electron chi connectivity index (χ4n) is 1.95. The van der Waals surface area contributed by atoms with Crippen LogP contribution in [0.2, 0.25) is 10.0 Å². The Kier molecular flexibility index (Phi) is 5.96. The summed E-state index contributed by atoms with van der Waals surface area (Å²) in [6.07, 6.45) is 0. The van der Waals surface area contributed by atoms with Crippen molar-refractivity contribution in [2.75, 3.05) is 19.5 Å². The van der Waals surface area contributed by atoms with Crippen LogP contribution < -0.4 is 20.1 Å². The van der Waals surface area contributed by atoms with Gasteiger partial charge in [-0.25, -0.2) is 4.79 Å². The molecule has 0 atom stereocenters.